The summed E-state index contributed by atoms with van der Waals surface area (Å²) < 4.78 is 2.98. The van der Waals surface area contributed by atoms with Crippen molar-refractivity contribution in [1.29, 1.82) is 0 Å². The molecule has 5 heteroatoms. The molecule has 0 unspecified atom stereocenters. The molecule has 0 saturated carbocycles. The van der Waals surface area contributed by atoms with Gasteiger partial charge in [0.05, 0.1) is 0 Å². The molecule has 1 heterocycles. The van der Waals surface area contributed by atoms with Crippen LogP contribution in [0.1, 0.15) is 0 Å². The quantitative estimate of drug-likeness (QED) is 0.690. The van der Waals surface area contributed by atoms with E-state index in [1.807, 2.05) is 77.6 Å². The zero-order chi connectivity index (χ0) is 15.4. The Morgan fingerprint density at radius 2 is 1.32 bits per heavy atom. The lowest BCUT2D eigenvalue weighted by molar-refractivity contribution is 0.262. The monoisotopic (exact) mass is 355 g/mol. The van der Waals surface area contributed by atoms with Crippen molar-refractivity contribution < 1.29 is 4.79 Å². The number of urea groups is 1. The minimum Gasteiger partial charge on any atom is -0.324 e. The van der Waals surface area contributed by atoms with Gasteiger partial charge in [0, 0.05) is 33.9 Å². The Morgan fingerprint density at radius 1 is 0.818 bits per heavy atom. The smallest absolute Gasteiger partial charge is 0.323 e. The second kappa shape index (κ2) is 6.49. The van der Waals surface area contributed by atoms with Crippen molar-refractivity contribution in [2.24, 2.45) is 0 Å². The van der Waals surface area contributed by atoms with E-state index in [1.165, 1.54) is 0 Å². The average molecular weight is 356 g/mol. The lowest BCUT2D eigenvalue weighted by Gasteiger charge is -2.09. The molecule has 2 aromatic carbocycles. The number of amides is 2. The van der Waals surface area contributed by atoms with E-state index >= 15 is 0 Å². The Balaban J connectivity index is 1.63. The second-order valence-corrected chi connectivity index (χ2v) is 5.64. The first kappa shape index (κ1) is 14.4. The van der Waals surface area contributed by atoms with Crippen molar-refractivity contribution in [2.75, 3.05) is 10.6 Å². The number of carbonyl (C=O) groups excluding carboxylic acids is 1. The van der Waals surface area contributed by atoms with Crippen LogP contribution in [-0.2, 0) is 0 Å². The molecular weight excluding hydrogens is 342 g/mol. The van der Waals surface area contributed by atoms with E-state index in [2.05, 4.69) is 26.6 Å². The van der Waals surface area contributed by atoms with Gasteiger partial charge in [-0.1, -0.05) is 15.9 Å². The molecule has 0 atom stereocenters. The van der Waals surface area contributed by atoms with E-state index in [9.17, 15) is 4.79 Å². The van der Waals surface area contributed by atoms with Gasteiger partial charge in [0.25, 0.3) is 0 Å². The van der Waals surface area contributed by atoms with Gasteiger partial charge in [0.2, 0.25) is 0 Å². The molecule has 110 valence electrons. The summed E-state index contributed by atoms with van der Waals surface area (Å²) in [5.41, 5.74) is 2.53. The van der Waals surface area contributed by atoms with Gasteiger partial charge in [0.1, 0.15) is 0 Å². The highest BCUT2D eigenvalue weighted by molar-refractivity contribution is 9.10. The molecule has 0 aliphatic rings. The Hall–Kier alpha value is -2.53. The Morgan fingerprint density at radius 3 is 1.86 bits per heavy atom. The standard InChI is InChI=1S/C17H14BrN3O/c18-13-3-5-14(6-4-13)19-17(22)20-15-7-9-16(10-8-15)21-11-1-2-12-21/h1-12H,(H2,19,20,22). The summed E-state index contributed by atoms with van der Waals surface area (Å²) in [7, 11) is 0. The maximum absolute atomic E-state index is 11.9. The van der Waals surface area contributed by atoms with Gasteiger partial charge in [0.15, 0.2) is 0 Å². The van der Waals surface area contributed by atoms with Crippen molar-refractivity contribution in [3.63, 3.8) is 0 Å². The number of nitrogens with one attached hydrogen (secondary N) is 2. The molecule has 22 heavy (non-hydrogen) atoms. The fourth-order valence-corrected chi connectivity index (χ4v) is 2.31. The number of hydrogen-bond donors (Lipinski definition) is 2. The molecule has 4 nitrogen and oxygen atoms in total. The third-order valence-corrected chi connectivity index (χ3v) is 3.66. The van der Waals surface area contributed by atoms with Gasteiger partial charge in [-0.2, -0.15) is 0 Å². The first-order valence-corrected chi connectivity index (χ1v) is 7.57. The topological polar surface area (TPSA) is 46.1 Å². The zero-order valence-electron chi connectivity index (χ0n) is 11.7. The summed E-state index contributed by atoms with van der Waals surface area (Å²) in [5, 5.41) is 5.59. The molecular formula is C17H14BrN3O. The van der Waals surface area contributed by atoms with Crippen LogP contribution in [0.5, 0.6) is 0 Å². The molecule has 0 aliphatic carbocycles. The SMILES string of the molecule is O=C(Nc1ccc(Br)cc1)Nc1ccc(-n2cccc2)cc1. The van der Waals surface area contributed by atoms with E-state index < -0.39 is 0 Å². The van der Waals surface area contributed by atoms with Crippen LogP contribution in [0.4, 0.5) is 16.2 Å². The number of benzene rings is 2. The number of nitrogens with zero attached hydrogens (tertiary/aromatic N) is 1. The Labute approximate surface area is 136 Å². The van der Waals surface area contributed by atoms with Crippen LogP contribution in [-0.4, -0.2) is 10.6 Å². The Kier molecular flexibility index (Phi) is 4.25. The average Bonchev–Trinajstić information content (AvgIpc) is 3.05. The van der Waals surface area contributed by atoms with E-state index in [-0.39, 0.29) is 6.03 Å². The Bertz CT molecular complexity index is 750. The molecule has 3 rings (SSSR count). The summed E-state index contributed by atoms with van der Waals surface area (Å²) in [4.78, 5) is 11.9. The van der Waals surface area contributed by atoms with Gasteiger partial charge in [-0.05, 0) is 60.7 Å². The van der Waals surface area contributed by atoms with Crippen molar-refractivity contribution in [3.8, 4) is 5.69 Å². The molecule has 0 bridgehead atoms. The molecule has 0 aliphatic heterocycles. The summed E-state index contributed by atoms with van der Waals surface area (Å²) in [6, 6.07) is 18.7. The molecule has 3 aromatic rings. The highest BCUT2D eigenvalue weighted by Gasteiger charge is 2.03. The van der Waals surface area contributed by atoms with Crippen LogP contribution >= 0.6 is 15.9 Å². The number of aromatic nitrogens is 1. The molecule has 2 amide bonds. The zero-order valence-corrected chi connectivity index (χ0v) is 13.2. The van der Waals surface area contributed by atoms with Gasteiger partial charge in [-0.25, -0.2) is 4.79 Å². The molecule has 1 aromatic heterocycles. The predicted molar refractivity (Wildman–Crippen MR) is 92.6 cm³/mol. The fourth-order valence-electron chi connectivity index (χ4n) is 2.05. The number of carbonyl (C=O) groups is 1. The summed E-state index contributed by atoms with van der Waals surface area (Å²) in [6.45, 7) is 0. The maximum Gasteiger partial charge on any atom is 0.323 e. The lowest BCUT2D eigenvalue weighted by Crippen LogP contribution is -2.19. The van der Waals surface area contributed by atoms with Crippen LogP contribution in [0.25, 0.3) is 5.69 Å². The molecule has 0 saturated heterocycles. The van der Waals surface area contributed by atoms with Gasteiger partial charge < -0.3 is 15.2 Å². The van der Waals surface area contributed by atoms with Gasteiger partial charge in [-0.15, -0.1) is 0 Å². The summed E-state index contributed by atoms with van der Waals surface area (Å²) in [6.07, 6.45) is 3.95. The summed E-state index contributed by atoms with van der Waals surface area (Å²) in [5.74, 6) is 0. The van der Waals surface area contributed by atoms with Gasteiger partial charge >= 0.3 is 6.03 Å². The van der Waals surface area contributed by atoms with Crippen molar-refractivity contribution in [3.05, 3.63) is 77.5 Å². The lowest BCUT2D eigenvalue weighted by atomic mass is 10.3. The van der Waals surface area contributed by atoms with Crippen LogP contribution in [0, 0.1) is 0 Å². The minimum atomic E-state index is -0.268. The third kappa shape index (κ3) is 3.56. The number of hydrogen-bond acceptors (Lipinski definition) is 1. The van der Waals surface area contributed by atoms with E-state index in [0.717, 1.165) is 21.5 Å². The van der Waals surface area contributed by atoms with E-state index in [1.54, 1.807) is 0 Å². The molecule has 0 radical (unpaired) electrons. The van der Waals surface area contributed by atoms with Crippen LogP contribution < -0.4 is 10.6 Å². The fraction of sp³-hybridized carbons (Fsp3) is 0. The highest BCUT2D eigenvalue weighted by atomic mass is 79.9. The number of anilines is 2. The maximum atomic E-state index is 11.9. The third-order valence-electron chi connectivity index (χ3n) is 3.13. The van der Waals surface area contributed by atoms with E-state index in [4.69, 9.17) is 0 Å². The first-order valence-electron chi connectivity index (χ1n) is 6.78. The second-order valence-electron chi connectivity index (χ2n) is 4.72. The van der Waals surface area contributed by atoms with Crippen molar-refractivity contribution in [1.82, 2.24) is 4.57 Å². The minimum absolute atomic E-state index is 0.268. The number of rotatable bonds is 3. The molecule has 0 spiro atoms. The van der Waals surface area contributed by atoms with Gasteiger partial charge in [-0.3, -0.25) is 0 Å². The van der Waals surface area contributed by atoms with Crippen LogP contribution in [0.2, 0.25) is 0 Å². The normalized spacial score (nSPS) is 10.2. The van der Waals surface area contributed by atoms with E-state index in [0.29, 0.717) is 0 Å². The van der Waals surface area contributed by atoms with Crippen LogP contribution in [0.15, 0.2) is 77.5 Å². The largest absolute Gasteiger partial charge is 0.324 e. The predicted octanol–water partition coefficient (Wildman–Crippen LogP) is 4.88. The molecule has 0 fully saturated rings. The summed E-state index contributed by atoms with van der Waals surface area (Å²) >= 11 is 3.36. The van der Waals surface area contributed by atoms with Crippen molar-refractivity contribution >= 4 is 33.3 Å². The van der Waals surface area contributed by atoms with Crippen molar-refractivity contribution in [2.45, 2.75) is 0 Å². The molecule has 2 N–H and O–H groups in total. The van der Waals surface area contributed by atoms with Crippen LogP contribution in [0.3, 0.4) is 0 Å². The first-order chi connectivity index (χ1) is 10.7. The number of halogens is 1. The highest BCUT2D eigenvalue weighted by Crippen LogP contribution is 2.16.